The van der Waals surface area contributed by atoms with Gasteiger partial charge in [-0.25, -0.2) is 4.98 Å². The number of thiazole rings is 1. The van der Waals surface area contributed by atoms with Crippen LogP contribution in [0.25, 0.3) is 26.6 Å². The smallest absolute Gasteiger partial charge is 0.259 e. The summed E-state index contributed by atoms with van der Waals surface area (Å²) in [5.74, 6) is 1.44. The predicted octanol–water partition coefficient (Wildman–Crippen LogP) is 5.18. The molecule has 0 spiro atoms. The van der Waals surface area contributed by atoms with Crippen LogP contribution in [0.15, 0.2) is 64.5 Å². The largest absolute Gasteiger partial charge is 0.302 e. The molecule has 5 aromatic rings. The summed E-state index contributed by atoms with van der Waals surface area (Å²) in [5, 5.41) is 9.75. The topological polar surface area (TPSA) is 65.1 Å². The summed E-state index contributed by atoms with van der Waals surface area (Å²) in [6.45, 7) is 5.06. The molecule has 0 bridgehead atoms. The van der Waals surface area contributed by atoms with Crippen molar-refractivity contribution in [3.8, 4) is 11.4 Å². The quantitative estimate of drug-likeness (QED) is 0.336. The van der Waals surface area contributed by atoms with Gasteiger partial charge in [0.05, 0.1) is 15.9 Å². The number of nitrogens with zero attached hydrogens (tertiary/aromatic N) is 5. The van der Waals surface area contributed by atoms with E-state index in [-0.39, 0.29) is 5.56 Å². The average molecular weight is 448 g/mol. The van der Waals surface area contributed by atoms with Crippen molar-refractivity contribution in [1.29, 1.82) is 0 Å². The number of thioether (sulfide) groups is 1. The molecule has 31 heavy (non-hydrogen) atoms. The number of aromatic nitrogens is 5. The van der Waals surface area contributed by atoms with Gasteiger partial charge in [0.25, 0.3) is 5.56 Å². The first kappa shape index (κ1) is 20.0. The summed E-state index contributed by atoms with van der Waals surface area (Å²) in [4.78, 5) is 18.2. The molecule has 6 nitrogen and oxygen atoms in total. The third-order valence-corrected chi connectivity index (χ3v) is 7.06. The van der Waals surface area contributed by atoms with Crippen molar-refractivity contribution in [3.05, 3.63) is 76.2 Å². The molecule has 0 saturated carbocycles. The van der Waals surface area contributed by atoms with E-state index in [9.17, 15) is 4.79 Å². The predicted molar refractivity (Wildman–Crippen MR) is 127 cm³/mol. The van der Waals surface area contributed by atoms with Crippen LogP contribution in [0.5, 0.6) is 0 Å². The van der Waals surface area contributed by atoms with Gasteiger partial charge in [-0.3, -0.25) is 9.20 Å². The van der Waals surface area contributed by atoms with Crippen molar-refractivity contribution in [2.24, 2.45) is 0 Å². The standard InChI is InChI=1S/C23H21N5OS2/c1-3-11-27-21(16-8-6-7-15(2)12-16)25-26-23(27)30-14-17-13-20(29)28-18-9-4-5-10-19(18)31-22(28)24-17/h4-10,12-13H,3,11,14H2,1-2H3. The lowest BCUT2D eigenvalue weighted by molar-refractivity contribution is 0.626. The molecular weight excluding hydrogens is 426 g/mol. The van der Waals surface area contributed by atoms with Crippen molar-refractivity contribution in [2.45, 2.75) is 37.7 Å². The van der Waals surface area contributed by atoms with Crippen LogP contribution in [0.3, 0.4) is 0 Å². The fourth-order valence-electron chi connectivity index (χ4n) is 3.65. The molecule has 0 atom stereocenters. The molecule has 0 fully saturated rings. The second kappa shape index (κ2) is 8.28. The Hall–Kier alpha value is -2.97. The van der Waals surface area contributed by atoms with Crippen molar-refractivity contribution in [2.75, 3.05) is 0 Å². The summed E-state index contributed by atoms with van der Waals surface area (Å²) in [5.41, 5.74) is 3.87. The third kappa shape index (κ3) is 3.77. The lowest BCUT2D eigenvalue weighted by Gasteiger charge is -2.09. The number of rotatable bonds is 6. The zero-order chi connectivity index (χ0) is 21.4. The summed E-state index contributed by atoms with van der Waals surface area (Å²) < 4.78 is 4.90. The van der Waals surface area contributed by atoms with Gasteiger partial charge in [-0.05, 0) is 31.5 Å². The highest BCUT2D eigenvalue weighted by molar-refractivity contribution is 7.98. The van der Waals surface area contributed by atoms with Crippen molar-refractivity contribution < 1.29 is 0 Å². The minimum absolute atomic E-state index is 0.0477. The van der Waals surface area contributed by atoms with E-state index in [2.05, 4.69) is 46.8 Å². The van der Waals surface area contributed by atoms with Crippen LogP contribution in [0, 0.1) is 6.92 Å². The Bertz CT molecular complexity index is 1450. The average Bonchev–Trinajstić information content (AvgIpc) is 3.34. The van der Waals surface area contributed by atoms with Gasteiger partial charge in [-0.2, -0.15) is 0 Å². The normalized spacial score (nSPS) is 11.5. The molecule has 0 saturated heterocycles. The van der Waals surface area contributed by atoms with Crippen molar-refractivity contribution in [3.63, 3.8) is 0 Å². The Morgan fingerprint density at radius 3 is 2.77 bits per heavy atom. The Labute approximate surface area is 187 Å². The van der Waals surface area contributed by atoms with Crippen LogP contribution in [0.2, 0.25) is 0 Å². The summed E-state index contributed by atoms with van der Waals surface area (Å²) in [7, 11) is 0. The Balaban J connectivity index is 1.46. The Morgan fingerprint density at radius 2 is 1.94 bits per heavy atom. The number of benzene rings is 2. The molecule has 0 N–H and O–H groups in total. The minimum Gasteiger partial charge on any atom is -0.302 e. The van der Waals surface area contributed by atoms with Crippen LogP contribution < -0.4 is 5.56 Å². The van der Waals surface area contributed by atoms with Gasteiger partial charge in [0.15, 0.2) is 15.9 Å². The van der Waals surface area contributed by atoms with Gasteiger partial charge < -0.3 is 4.57 Å². The monoisotopic (exact) mass is 447 g/mol. The fraction of sp³-hybridized carbons (Fsp3) is 0.217. The molecule has 3 heterocycles. The molecule has 3 aromatic heterocycles. The highest BCUT2D eigenvalue weighted by atomic mass is 32.2. The van der Waals surface area contributed by atoms with Crippen LogP contribution in [0.1, 0.15) is 24.6 Å². The number of aryl methyl sites for hydroxylation is 1. The second-order valence-corrected chi connectivity index (χ2v) is 9.34. The van der Waals surface area contributed by atoms with Crippen LogP contribution in [0.4, 0.5) is 0 Å². The van der Waals surface area contributed by atoms with Gasteiger partial charge >= 0.3 is 0 Å². The first-order valence-electron chi connectivity index (χ1n) is 10.2. The van der Waals surface area contributed by atoms with E-state index in [1.165, 1.54) is 16.9 Å². The summed E-state index contributed by atoms with van der Waals surface area (Å²) in [6, 6.07) is 17.8. The molecule has 0 radical (unpaired) electrons. The van der Waals surface area contributed by atoms with E-state index in [0.717, 1.165) is 50.4 Å². The molecular formula is C23H21N5OS2. The fourth-order valence-corrected chi connectivity index (χ4v) is 5.56. The maximum Gasteiger partial charge on any atom is 0.259 e. The lowest BCUT2D eigenvalue weighted by atomic mass is 10.1. The molecule has 0 unspecified atom stereocenters. The zero-order valence-electron chi connectivity index (χ0n) is 17.3. The van der Waals surface area contributed by atoms with Gasteiger partial charge in [-0.1, -0.05) is 65.9 Å². The van der Waals surface area contributed by atoms with Crippen LogP contribution in [-0.2, 0) is 12.3 Å². The van der Waals surface area contributed by atoms with Gasteiger partial charge in [0, 0.05) is 23.9 Å². The molecule has 0 aliphatic heterocycles. The van der Waals surface area contributed by atoms with Gasteiger partial charge in [0.1, 0.15) is 0 Å². The van der Waals surface area contributed by atoms with Crippen molar-refractivity contribution >= 4 is 38.3 Å². The molecule has 156 valence electrons. The van der Waals surface area contributed by atoms with Gasteiger partial charge in [-0.15, -0.1) is 10.2 Å². The van der Waals surface area contributed by atoms with E-state index in [4.69, 9.17) is 4.98 Å². The molecule has 0 aliphatic rings. The second-order valence-electron chi connectivity index (χ2n) is 7.39. The number of para-hydroxylation sites is 1. The van der Waals surface area contributed by atoms with E-state index in [1.54, 1.807) is 22.2 Å². The summed E-state index contributed by atoms with van der Waals surface area (Å²) in [6.07, 6.45) is 0.984. The zero-order valence-corrected chi connectivity index (χ0v) is 18.9. The minimum atomic E-state index is -0.0477. The lowest BCUT2D eigenvalue weighted by Crippen LogP contribution is -2.13. The number of hydrogen-bond acceptors (Lipinski definition) is 6. The molecule has 5 rings (SSSR count). The highest BCUT2D eigenvalue weighted by Crippen LogP contribution is 2.28. The highest BCUT2D eigenvalue weighted by Gasteiger charge is 2.15. The summed E-state index contributed by atoms with van der Waals surface area (Å²) >= 11 is 3.10. The molecule has 0 aliphatic carbocycles. The third-order valence-electron chi connectivity index (χ3n) is 5.04. The molecule has 0 amide bonds. The van der Waals surface area contributed by atoms with E-state index in [0.29, 0.717) is 5.75 Å². The Kier molecular flexibility index (Phi) is 5.33. The SMILES string of the molecule is CCCn1c(SCc2cc(=O)n3c(n2)sc2ccccc23)nnc1-c1cccc(C)c1. The molecule has 8 heteroatoms. The molecule has 2 aromatic carbocycles. The van der Waals surface area contributed by atoms with E-state index >= 15 is 0 Å². The van der Waals surface area contributed by atoms with Crippen LogP contribution >= 0.6 is 23.1 Å². The maximum absolute atomic E-state index is 12.8. The first-order valence-corrected chi connectivity index (χ1v) is 12.0. The maximum atomic E-state index is 12.8. The Morgan fingerprint density at radius 1 is 1.06 bits per heavy atom. The first-order chi connectivity index (χ1) is 15.1. The number of fused-ring (bicyclic) bond motifs is 3. The van der Waals surface area contributed by atoms with Gasteiger partial charge in [0.2, 0.25) is 0 Å². The number of hydrogen-bond donors (Lipinski definition) is 0. The van der Waals surface area contributed by atoms with E-state index in [1.807, 2.05) is 30.3 Å². The van der Waals surface area contributed by atoms with Crippen LogP contribution in [-0.4, -0.2) is 24.1 Å². The van der Waals surface area contributed by atoms with E-state index < -0.39 is 0 Å². The van der Waals surface area contributed by atoms with Crippen molar-refractivity contribution in [1.82, 2.24) is 24.1 Å².